The molecule has 2 N–H and O–H groups in total. The van der Waals surface area contributed by atoms with E-state index in [1.54, 1.807) is 26.2 Å². The van der Waals surface area contributed by atoms with Gasteiger partial charge in [0, 0.05) is 73.4 Å². The maximum Gasteiger partial charge on any atom is 0.330 e. The largest absolute Gasteiger partial charge is 0.352 e. The first kappa shape index (κ1) is 52.8. The van der Waals surface area contributed by atoms with Crippen LogP contribution >= 0.6 is 17.1 Å². The first-order valence-electron chi connectivity index (χ1n) is 27.0. The summed E-state index contributed by atoms with van der Waals surface area (Å²) in [7, 11) is -2.56. The molecule has 6 fully saturated rings. The van der Waals surface area contributed by atoms with Crippen molar-refractivity contribution in [3.63, 3.8) is 0 Å². The minimum Gasteiger partial charge on any atom is -0.352 e. The van der Waals surface area contributed by atoms with Gasteiger partial charge >= 0.3 is 11.4 Å². The summed E-state index contributed by atoms with van der Waals surface area (Å²) < 4.78 is 47.5. The average molecular weight is 1070 g/mol. The number of benzene rings is 4. The van der Waals surface area contributed by atoms with Crippen LogP contribution in [0.1, 0.15) is 123 Å². The summed E-state index contributed by atoms with van der Waals surface area (Å²) in [6.07, 6.45) is 8.37. The van der Waals surface area contributed by atoms with Gasteiger partial charge in [0.05, 0.1) is 36.6 Å². The molecule has 0 saturated carbocycles. The van der Waals surface area contributed by atoms with Crippen molar-refractivity contribution in [3.05, 3.63) is 209 Å². The number of fused-ring (bicyclic) bond motifs is 2. The number of ether oxygens (including phenoxy) is 2. The number of rotatable bonds is 14. The molecule has 4 aromatic carbocycles. The van der Waals surface area contributed by atoms with Crippen molar-refractivity contribution in [1.82, 2.24) is 28.4 Å². The van der Waals surface area contributed by atoms with Crippen LogP contribution in [0.4, 0.5) is 0 Å². The van der Waals surface area contributed by atoms with Crippen LogP contribution in [0.15, 0.2) is 153 Å². The Morgan fingerprint density at radius 3 is 1.21 bits per heavy atom. The van der Waals surface area contributed by atoms with Crippen LogP contribution in [0.3, 0.4) is 0 Å². The zero-order valence-corrected chi connectivity index (χ0v) is 45.3. The topological polar surface area (TPSA) is 172 Å². The van der Waals surface area contributed by atoms with Crippen molar-refractivity contribution >= 4 is 17.1 Å². The minimum absolute atomic E-state index is 0.0175. The number of nitrogens with one attached hydrogen (secondary N) is 2. The van der Waals surface area contributed by atoms with E-state index in [2.05, 4.69) is 154 Å². The van der Waals surface area contributed by atoms with Crippen molar-refractivity contribution < 1.29 is 27.6 Å². The molecular formula is C58H68N6O10P2. The molecule has 400 valence electrons. The fourth-order valence-corrected chi connectivity index (χ4v) is 16.2. The summed E-state index contributed by atoms with van der Waals surface area (Å²) in [6, 6.07) is 43.0. The molecular weight excluding hydrogens is 1000 g/mol. The lowest BCUT2D eigenvalue weighted by Crippen LogP contribution is -2.33. The molecule has 6 aliphatic heterocycles. The van der Waals surface area contributed by atoms with Gasteiger partial charge in [-0.15, -0.1) is 0 Å². The highest BCUT2D eigenvalue weighted by Crippen LogP contribution is 2.62. The second-order valence-corrected chi connectivity index (χ2v) is 23.6. The van der Waals surface area contributed by atoms with E-state index in [-0.39, 0.29) is 71.7 Å². The van der Waals surface area contributed by atoms with E-state index >= 15 is 0 Å². The van der Waals surface area contributed by atoms with Crippen molar-refractivity contribution in [1.29, 1.82) is 0 Å². The van der Waals surface area contributed by atoms with E-state index in [4.69, 9.17) is 27.6 Å². The fourth-order valence-electron chi connectivity index (χ4n) is 12.1. The molecule has 6 aromatic rings. The second-order valence-electron chi connectivity index (χ2n) is 20.8. The van der Waals surface area contributed by atoms with E-state index in [9.17, 15) is 19.2 Å². The molecule has 2 unspecified atom stereocenters. The Morgan fingerprint density at radius 1 is 0.539 bits per heavy atom. The van der Waals surface area contributed by atoms with Gasteiger partial charge in [-0.1, -0.05) is 135 Å². The highest BCUT2D eigenvalue weighted by atomic mass is 31.2. The van der Waals surface area contributed by atoms with Crippen LogP contribution in [0.5, 0.6) is 0 Å². The van der Waals surface area contributed by atoms with Gasteiger partial charge < -0.3 is 27.6 Å². The lowest BCUT2D eigenvalue weighted by molar-refractivity contribution is -0.0190. The lowest BCUT2D eigenvalue weighted by Gasteiger charge is -2.27. The van der Waals surface area contributed by atoms with E-state index < -0.39 is 40.9 Å². The van der Waals surface area contributed by atoms with E-state index in [1.807, 2.05) is 0 Å². The summed E-state index contributed by atoms with van der Waals surface area (Å²) in [6.45, 7) is 9.41. The maximum atomic E-state index is 12.5. The van der Waals surface area contributed by atoms with Gasteiger partial charge in [0.2, 0.25) is 0 Å². The summed E-state index contributed by atoms with van der Waals surface area (Å²) in [5.41, 5.74) is 4.27. The van der Waals surface area contributed by atoms with Gasteiger partial charge in [0.25, 0.3) is 28.2 Å². The number of aromatic nitrogens is 4. The summed E-state index contributed by atoms with van der Waals surface area (Å²) >= 11 is 0. The van der Waals surface area contributed by atoms with Crippen molar-refractivity contribution in [2.75, 3.05) is 13.1 Å². The minimum atomic E-state index is -1.28. The molecule has 2 aromatic heterocycles. The van der Waals surface area contributed by atoms with Crippen molar-refractivity contribution in [3.8, 4) is 0 Å². The Labute approximate surface area is 445 Å². The van der Waals surface area contributed by atoms with Gasteiger partial charge in [-0.2, -0.15) is 0 Å². The number of nitrogens with zero attached hydrogens (tertiary/aromatic N) is 4. The summed E-state index contributed by atoms with van der Waals surface area (Å²) in [4.78, 5) is 53.5. The van der Waals surface area contributed by atoms with Crippen molar-refractivity contribution in [2.45, 2.75) is 152 Å². The first-order valence-corrected chi connectivity index (χ1v) is 29.3. The standard InChI is InChI=1S/2C29H34N3O5P/c2*1-3-23-24(17-25(35-23)31-18-19(2)28(33)30-29(31)34)36-38-32-16-10-15-22(32)27(37-38)26(20-11-6-4-7-12-20)21-13-8-5-9-14-21/h2*4-9,11-14,18,22-27H,3,10,15-17H2,1-2H3,(H,30,33,34)/t22-,23+,24?,25+,27-,38-;22-,23-,24?,25-,27-,38-/m01/s1. The van der Waals surface area contributed by atoms with Gasteiger partial charge in [-0.05, 0) is 74.6 Å². The van der Waals surface area contributed by atoms with Crippen LogP contribution in [0, 0.1) is 13.8 Å². The van der Waals surface area contributed by atoms with Gasteiger partial charge in [0.1, 0.15) is 12.5 Å². The van der Waals surface area contributed by atoms with E-state index in [0.29, 0.717) is 24.0 Å². The van der Waals surface area contributed by atoms with Crippen LogP contribution in [-0.4, -0.2) is 90.2 Å². The molecule has 0 bridgehead atoms. The van der Waals surface area contributed by atoms with Gasteiger partial charge in [0.15, 0.2) is 0 Å². The normalized spacial score (nSPS) is 29.2. The molecule has 8 heterocycles. The Kier molecular flexibility index (Phi) is 16.3. The Balaban J connectivity index is 0.000000162. The molecule has 18 heteroatoms. The number of H-pyrrole nitrogens is 2. The zero-order valence-electron chi connectivity index (χ0n) is 43.5. The molecule has 6 saturated heterocycles. The summed E-state index contributed by atoms with van der Waals surface area (Å²) in [5, 5.41) is 0. The van der Waals surface area contributed by atoms with Gasteiger partial charge in [-0.3, -0.25) is 28.7 Å². The Morgan fingerprint density at radius 2 is 0.882 bits per heavy atom. The predicted molar refractivity (Wildman–Crippen MR) is 292 cm³/mol. The number of hydrogen-bond donors (Lipinski definition) is 2. The third-order valence-electron chi connectivity index (χ3n) is 16.0. The molecule has 12 rings (SSSR count). The second kappa shape index (κ2) is 23.4. The smallest absolute Gasteiger partial charge is 0.330 e. The summed E-state index contributed by atoms with van der Waals surface area (Å²) in [5.74, 6) is 0.215. The molecule has 76 heavy (non-hydrogen) atoms. The first-order chi connectivity index (χ1) is 37.1. The van der Waals surface area contributed by atoms with Crippen LogP contribution in [0.25, 0.3) is 0 Å². The highest BCUT2D eigenvalue weighted by molar-refractivity contribution is 7.45. The Hall–Kier alpha value is -5.22. The van der Waals surface area contributed by atoms with E-state index in [0.717, 1.165) is 51.6 Å². The van der Waals surface area contributed by atoms with Crippen LogP contribution in [0.2, 0.25) is 0 Å². The predicted octanol–water partition coefficient (Wildman–Crippen LogP) is 9.70. The zero-order chi connectivity index (χ0) is 52.5. The SMILES string of the molecule is CC[C@H]1O[C@@H](n2cc(C)c(=O)[nH]c2=O)CC1O[P@@]1O[C@H](C(c2ccccc2)c2ccccc2)[C@@H]2CCCN21.CC[C@H]1O[C@@H](n2cc(C)c(=O)[nH]c2=O)CC1O[P@]1O[C@@H](C(c2ccccc2)c2ccccc2)[C@H]2CCCN21. The third kappa shape index (κ3) is 10.8. The molecule has 0 radical (unpaired) electrons. The van der Waals surface area contributed by atoms with Crippen LogP contribution < -0.4 is 22.5 Å². The number of hydrogen-bond acceptors (Lipinski definition) is 12. The number of aryl methyl sites for hydroxylation is 2. The Bertz CT molecular complexity index is 2860. The maximum absolute atomic E-state index is 12.5. The quantitative estimate of drug-likeness (QED) is 0.0992. The fraction of sp³-hybridized carbons (Fsp3) is 0.448. The van der Waals surface area contributed by atoms with Crippen LogP contribution in [-0.2, 0) is 27.6 Å². The molecule has 6 aliphatic rings. The molecule has 12 atom stereocenters. The number of aromatic amines is 2. The third-order valence-corrected chi connectivity index (χ3v) is 19.5. The molecule has 0 spiro atoms. The highest BCUT2D eigenvalue weighted by Gasteiger charge is 2.54. The monoisotopic (exact) mass is 1070 g/mol. The molecule has 0 amide bonds. The van der Waals surface area contributed by atoms with Crippen molar-refractivity contribution in [2.24, 2.45) is 0 Å². The average Bonchev–Trinajstić information content (AvgIpc) is 4.33. The van der Waals surface area contributed by atoms with E-state index in [1.165, 1.54) is 31.4 Å². The molecule has 16 nitrogen and oxygen atoms in total. The lowest BCUT2D eigenvalue weighted by atomic mass is 9.83. The molecule has 0 aliphatic carbocycles. The van der Waals surface area contributed by atoms with Gasteiger partial charge in [-0.25, -0.2) is 18.9 Å².